The van der Waals surface area contributed by atoms with Gasteiger partial charge in [-0.15, -0.1) is 0 Å². The van der Waals surface area contributed by atoms with E-state index >= 15 is 0 Å². The van der Waals surface area contributed by atoms with Gasteiger partial charge in [-0.2, -0.15) is 0 Å². The van der Waals surface area contributed by atoms with Crippen molar-refractivity contribution in [3.63, 3.8) is 0 Å². The first-order valence-electron chi connectivity index (χ1n) is 5.79. The molecule has 4 N–H and O–H groups in total. The van der Waals surface area contributed by atoms with Crippen molar-refractivity contribution in [2.45, 2.75) is 13.0 Å². The zero-order valence-electron chi connectivity index (χ0n) is 10.5. The molecule has 0 saturated heterocycles. The van der Waals surface area contributed by atoms with Crippen molar-refractivity contribution in [1.82, 2.24) is 10.3 Å². The van der Waals surface area contributed by atoms with Gasteiger partial charge in [-0.25, -0.2) is 0 Å². The quantitative estimate of drug-likeness (QED) is 0.716. The summed E-state index contributed by atoms with van der Waals surface area (Å²) in [6, 6.07) is 5.45. The molecule has 18 heavy (non-hydrogen) atoms. The Bertz CT molecular complexity index is 562. The average molecular weight is 247 g/mol. The van der Waals surface area contributed by atoms with Crippen molar-refractivity contribution < 1.29 is 9.53 Å². The lowest BCUT2D eigenvalue weighted by Gasteiger charge is -2.10. The molecule has 5 heteroatoms. The predicted molar refractivity (Wildman–Crippen MR) is 71.5 cm³/mol. The summed E-state index contributed by atoms with van der Waals surface area (Å²) in [4.78, 5) is 15.1. The van der Waals surface area contributed by atoms with E-state index in [1.54, 1.807) is 25.4 Å². The van der Waals surface area contributed by atoms with Crippen LogP contribution in [0.2, 0.25) is 0 Å². The predicted octanol–water partition coefficient (Wildman–Crippen LogP) is 1.51. The molecule has 0 bridgehead atoms. The van der Waals surface area contributed by atoms with Crippen LogP contribution in [0.3, 0.4) is 0 Å². The van der Waals surface area contributed by atoms with E-state index in [0.717, 1.165) is 10.9 Å². The van der Waals surface area contributed by atoms with Crippen LogP contribution < -0.4 is 11.1 Å². The topological polar surface area (TPSA) is 80.1 Å². The smallest absolute Gasteiger partial charge is 0.253 e. The molecular formula is C13H17N3O2. The van der Waals surface area contributed by atoms with Crippen LogP contribution in [0.5, 0.6) is 0 Å². The van der Waals surface area contributed by atoms with E-state index in [1.165, 1.54) is 0 Å². The third kappa shape index (κ3) is 2.46. The maximum absolute atomic E-state index is 12.0. The molecule has 1 aromatic carbocycles. The highest BCUT2D eigenvalue weighted by atomic mass is 16.5. The summed E-state index contributed by atoms with van der Waals surface area (Å²) in [5.41, 5.74) is 7.87. The molecule has 1 unspecified atom stereocenters. The van der Waals surface area contributed by atoms with E-state index in [4.69, 9.17) is 10.5 Å². The van der Waals surface area contributed by atoms with Crippen LogP contribution in [-0.2, 0) is 4.74 Å². The standard InChI is InChI=1S/C13H17N3O2/c1-8(18-2)6-16-13(17)11-7-15-12-4-3-9(14)5-10(11)12/h3-5,7-8,15H,6,14H2,1-2H3,(H,16,17). The fraction of sp³-hybridized carbons (Fsp3) is 0.308. The molecule has 2 aromatic rings. The van der Waals surface area contributed by atoms with E-state index in [0.29, 0.717) is 17.8 Å². The summed E-state index contributed by atoms with van der Waals surface area (Å²) < 4.78 is 5.08. The van der Waals surface area contributed by atoms with Crippen LogP contribution in [0, 0.1) is 0 Å². The number of methoxy groups -OCH3 is 1. The molecule has 0 aliphatic rings. The maximum Gasteiger partial charge on any atom is 0.253 e. The number of nitrogens with two attached hydrogens (primary N) is 1. The lowest BCUT2D eigenvalue weighted by molar-refractivity contribution is 0.0872. The van der Waals surface area contributed by atoms with Crippen molar-refractivity contribution in [2.24, 2.45) is 0 Å². The number of amides is 1. The number of H-pyrrole nitrogens is 1. The van der Waals surface area contributed by atoms with Gasteiger partial charge in [0.25, 0.3) is 5.91 Å². The third-order valence-corrected chi connectivity index (χ3v) is 2.90. The molecule has 0 aliphatic carbocycles. The summed E-state index contributed by atoms with van der Waals surface area (Å²) in [7, 11) is 1.61. The minimum atomic E-state index is -0.129. The fourth-order valence-corrected chi connectivity index (χ4v) is 1.74. The zero-order chi connectivity index (χ0) is 13.1. The summed E-state index contributed by atoms with van der Waals surface area (Å²) in [5.74, 6) is -0.129. The van der Waals surface area contributed by atoms with E-state index in [2.05, 4.69) is 10.3 Å². The van der Waals surface area contributed by atoms with Gasteiger partial charge in [-0.05, 0) is 25.1 Å². The number of ether oxygens (including phenoxy) is 1. The Kier molecular flexibility index (Phi) is 3.53. The molecule has 1 aromatic heterocycles. The molecule has 0 aliphatic heterocycles. The number of fused-ring (bicyclic) bond motifs is 1. The zero-order valence-corrected chi connectivity index (χ0v) is 10.5. The molecule has 1 heterocycles. The fourth-order valence-electron chi connectivity index (χ4n) is 1.74. The van der Waals surface area contributed by atoms with E-state index in [1.807, 2.05) is 13.0 Å². The Labute approximate surface area is 105 Å². The Morgan fingerprint density at radius 1 is 1.56 bits per heavy atom. The first kappa shape index (κ1) is 12.4. The van der Waals surface area contributed by atoms with Gasteiger partial charge in [0.1, 0.15) is 0 Å². The van der Waals surface area contributed by atoms with Gasteiger partial charge >= 0.3 is 0 Å². The Morgan fingerprint density at radius 3 is 3.06 bits per heavy atom. The summed E-state index contributed by atoms with van der Waals surface area (Å²) in [6.07, 6.45) is 1.68. The lowest BCUT2D eigenvalue weighted by Crippen LogP contribution is -2.31. The van der Waals surface area contributed by atoms with Gasteiger partial charge in [0, 0.05) is 36.4 Å². The van der Waals surface area contributed by atoms with Gasteiger partial charge in [-0.1, -0.05) is 0 Å². The van der Waals surface area contributed by atoms with Crippen molar-refractivity contribution >= 4 is 22.5 Å². The molecule has 96 valence electrons. The van der Waals surface area contributed by atoms with Gasteiger partial charge in [-0.3, -0.25) is 4.79 Å². The van der Waals surface area contributed by atoms with Crippen LogP contribution >= 0.6 is 0 Å². The van der Waals surface area contributed by atoms with Crippen LogP contribution in [0.15, 0.2) is 24.4 Å². The van der Waals surface area contributed by atoms with Crippen LogP contribution in [-0.4, -0.2) is 30.6 Å². The average Bonchev–Trinajstić information content (AvgIpc) is 2.78. The van der Waals surface area contributed by atoms with E-state index in [9.17, 15) is 4.79 Å². The second-order valence-corrected chi connectivity index (χ2v) is 4.26. The number of aromatic nitrogens is 1. The minimum absolute atomic E-state index is 0.00998. The van der Waals surface area contributed by atoms with Crippen LogP contribution in [0.4, 0.5) is 5.69 Å². The van der Waals surface area contributed by atoms with Crippen LogP contribution in [0.25, 0.3) is 10.9 Å². The maximum atomic E-state index is 12.0. The largest absolute Gasteiger partial charge is 0.399 e. The Morgan fingerprint density at radius 2 is 2.33 bits per heavy atom. The third-order valence-electron chi connectivity index (χ3n) is 2.90. The van der Waals surface area contributed by atoms with Gasteiger partial charge in [0.15, 0.2) is 0 Å². The molecule has 1 atom stereocenters. The number of hydrogen-bond acceptors (Lipinski definition) is 3. The number of aromatic amines is 1. The first-order chi connectivity index (χ1) is 8.61. The number of nitrogens with one attached hydrogen (secondary N) is 2. The summed E-state index contributed by atoms with van der Waals surface area (Å²) in [6.45, 7) is 2.37. The molecule has 0 fully saturated rings. The molecular weight excluding hydrogens is 230 g/mol. The number of nitrogen functional groups attached to an aromatic ring is 1. The van der Waals surface area contributed by atoms with Crippen molar-refractivity contribution in [2.75, 3.05) is 19.4 Å². The number of carbonyl (C=O) groups excluding carboxylic acids is 1. The van der Waals surface area contributed by atoms with Crippen molar-refractivity contribution in [3.05, 3.63) is 30.0 Å². The molecule has 0 spiro atoms. The number of rotatable bonds is 4. The molecule has 5 nitrogen and oxygen atoms in total. The van der Waals surface area contributed by atoms with E-state index in [-0.39, 0.29) is 12.0 Å². The lowest BCUT2D eigenvalue weighted by atomic mass is 10.1. The Balaban J connectivity index is 2.20. The normalized spacial score (nSPS) is 12.6. The molecule has 2 rings (SSSR count). The monoisotopic (exact) mass is 247 g/mol. The number of carbonyl (C=O) groups is 1. The Hall–Kier alpha value is -2.01. The van der Waals surface area contributed by atoms with Gasteiger partial charge in [0.2, 0.25) is 0 Å². The number of anilines is 1. The highest BCUT2D eigenvalue weighted by molar-refractivity contribution is 6.07. The molecule has 0 saturated carbocycles. The first-order valence-corrected chi connectivity index (χ1v) is 5.79. The van der Waals surface area contributed by atoms with Crippen molar-refractivity contribution in [1.29, 1.82) is 0 Å². The van der Waals surface area contributed by atoms with Crippen LogP contribution in [0.1, 0.15) is 17.3 Å². The minimum Gasteiger partial charge on any atom is -0.399 e. The van der Waals surface area contributed by atoms with Crippen molar-refractivity contribution in [3.8, 4) is 0 Å². The SMILES string of the molecule is COC(C)CNC(=O)c1c[nH]c2ccc(N)cc12. The highest BCUT2D eigenvalue weighted by Crippen LogP contribution is 2.20. The highest BCUT2D eigenvalue weighted by Gasteiger charge is 2.12. The second-order valence-electron chi connectivity index (χ2n) is 4.26. The van der Waals surface area contributed by atoms with Gasteiger partial charge in [0.05, 0.1) is 11.7 Å². The van der Waals surface area contributed by atoms with Gasteiger partial charge < -0.3 is 20.8 Å². The molecule has 0 radical (unpaired) electrons. The summed E-state index contributed by atoms with van der Waals surface area (Å²) >= 11 is 0. The second kappa shape index (κ2) is 5.10. The molecule has 1 amide bonds. The summed E-state index contributed by atoms with van der Waals surface area (Å²) in [5, 5.41) is 3.65. The van der Waals surface area contributed by atoms with E-state index < -0.39 is 0 Å². The number of benzene rings is 1. The number of hydrogen-bond donors (Lipinski definition) is 3.